The molecule has 0 saturated carbocycles. The Morgan fingerprint density at radius 3 is 2.65 bits per heavy atom. The van der Waals surface area contributed by atoms with E-state index in [2.05, 4.69) is 20.5 Å². The van der Waals surface area contributed by atoms with Gasteiger partial charge in [-0.1, -0.05) is 0 Å². The first-order chi connectivity index (χ1) is 14.5. The maximum Gasteiger partial charge on any atom is 0.416 e. The lowest BCUT2D eigenvalue weighted by molar-refractivity contribution is -0.138. The molecule has 0 bridgehead atoms. The molecule has 0 radical (unpaired) electrons. The van der Waals surface area contributed by atoms with Crippen molar-refractivity contribution in [3.63, 3.8) is 0 Å². The molecule has 2 N–H and O–H groups in total. The monoisotopic (exact) mass is 439 g/mol. The van der Waals surface area contributed by atoms with Gasteiger partial charge in [-0.3, -0.25) is 4.79 Å². The van der Waals surface area contributed by atoms with E-state index in [1.54, 1.807) is 6.92 Å². The summed E-state index contributed by atoms with van der Waals surface area (Å²) in [7, 11) is 0. The van der Waals surface area contributed by atoms with Crippen molar-refractivity contribution in [3.8, 4) is 17.0 Å². The SMILES string of the molecule is CC(=O)Oc1cc(C(F)(F)F)ccc1-c1nnc(N[C@@H]2CCCN(C(=O)O)C2)nc1C. The minimum absolute atomic E-state index is 0.141. The van der Waals surface area contributed by atoms with Crippen LogP contribution in [0.15, 0.2) is 18.2 Å². The number of carbonyl (C=O) groups excluding carboxylic acids is 1. The number of ether oxygens (including phenoxy) is 1. The van der Waals surface area contributed by atoms with Crippen LogP contribution in [-0.2, 0) is 11.0 Å². The van der Waals surface area contributed by atoms with Crippen LogP contribution in [0.3, 0.4) is 0 Å². The second kappa shape index (κ2) is 8.74. The van der Waals surface area contributed by atoms with Crippen molar-refractivity contribution in [3.05, 3.63) is 29.5 Å². The zero-order valence-electron chi connectivity index (χ0n) is 16.7. The van der Waals surface area contributed by atoms with Crippen molar-refractivity contribution in [1.29, 1.82) is 0 Å². The van der Waals surface area contributed by atoms with E-state index < -0.39 is 23.8 Å². The highest BCUT2D eigenvalue weighted by atomic mass is 19.4. The number of nitrogens with one attached hydrogen (secondary N) is 1. The average Bonchev–Trinajstić information content (AvgIpc) is 2.67. The number of carbonyl (C=O) groups is 2. The van der Waals surface area contributed by atoms with Gasteiger partial charge in [-0.05, 0) is 38.0 Å². The largest absolute Gasteiger partial charge is 0.465 e. The standard InChI is InChI=1S/C19H20F3N5O4/c1-10-16(14-6-5-12(19(20,21)22)8-15(14)31-11(2)28)25-26-17(23-10)24-13-4-3-7-27(9-13)18(29)30/h5-6,8,13H,3-4,7,9H2,1-2H3,(H,29,30)(H,23,24,26)/t13-/m1/s1. The van der Waals surface area contributed by atoms with E-state index in [0.29, 0.717) is 18.7 Å². The number of halogens is 3. The van der Waals surface area contributed by atoms with Gasteiger partial charge in [0.2, 0.25) is 5.95 Å². The van der Waals surface area contributed by atoms with Crippen molar-refractivity contribution in [2.75, 3.05) is 18.4 Å². The third-order valence-corrected chi connectivity index (χ3v) is 4.70. The lowest BCUT2D eigenvalue weighted by atomic mass is 10.1. The second-order valence-electron chi connectivity index (χ2n) is 7.08. The normalized spacial score (nSPS) is 16.7. The summed E-state index contributed by atoms with van der Waals surface area (Å²) in [4.78, 5) is 28.1. The molecule has 1 saturated heterocycles. The smallest absolute Gasteiger partial charge is 0.416 e. The number of aryl methyl sites for hydroxylation is 1. The summed E-state index contributed by atoms with van der Waals surface area (Å²) in [6.07, 6.45) is -4.20. The number of likely N-dealkylation sites (tertiary alicyclic amines) is 1. The van der Waals surface area contributed by atoms with Crippen LogP contribution in [0.1, 0.15) is 31.0 Å². The van der Waals surface area contributed by atoms with Gasteiger partial charge in [-0.15, -0.1) is 10.2 Å². The Labute approximate surface area is 175 Å². The average molecular weight is 439 g/mol. The number of amides is 1. The van der Waals surface area contributed by atoms with E-state index in [1.165, 1.54) is 4.90 Å². The fourth-order valence-electron chi connectivity index (χ4n) is 3.30. The van der Waals surface area contributed by atoms with Gasteiger partial charge in [0.05, 0.1) is 11.3 Å². The second-order valence-corrected chi connectivity index (χ2v) is 7.08. The number of hydrogen-bond donors (Lipinski definition) is 2. The first-order valence-corrected chi connectivity index (χ1v) is 9.40. The number of benzene rings is 1. The van der Waals surface area contributed by atoms with Crippen LogP contribution in [0.4, 0.5) is 23.9 Å². The highest BCUT2D eigenvalue weighted by Crippen LogP contribution is 2.37. The molecule has 1 fully saturated rings. The fourth-order valence-corrected chi connectivity index (χ4v) is 3.30. The Balaban J connectivity index is 1.87. The summed E-state index contributed by atoms with van der Waals surface area (Å²) in [5, 5.41) is 20.2. The number of esters is 1. The van der Waals surface area contributed by atoms with Crippen LogP contribution in [-0.4, -0.2) is 56.4 Å². The lowest BCUT2D eigenvalue weighted by Gasteiger charge is -2.31. The molecule has 1 aromatic heterocycles. The minimum atomic E-state index is -4.61. The van der Waals surface area contributed by atoms with Crippen LogP contribution >= 0.6 is 0 Å². The van der Waals surface area contributed by atoms with Crippen LogP contribution in [0, 0.1) is 6.92 Å². The molecule has 12 heteroatoms. The Hall–Kier alpha value is -3.44. The van der Waals surface area contributed by atoms with Crippen molar-refractivity contribution in [2.45, 2.75) is 38.9 Å². The van der Waals surface area contributed by atoms with Gasteiger partial charge < -0.3 is 20.1 Å². The number of alkyl halides is 3. The lowest BCUT2D eigenvalue weighted by Crippen LogP contribution is -2.44. The third kappa shape index (κ3) is 5.38. The summed E-state index contributed by atoms with van der Waals surface area (Å²) in [5.41, 5.74) is -0.325. The molecule has 1 atom stereocenters. The van der Waals surface area contributed by atoms with Crippen LogP contribution in [0.2, 0.25) is 0 Å². The Bertz CT molecular complexity index is 999. The molecule has 3 rings (SSSR count). The molecule has 1 aromatic carbocycles. The topological polar surface area (TPSA) is 118 Å². The van der Waals surface area contributed by atoms with Crippen molar-refractivity contribution >= 4 is 18.0 Å². The van der Waals surface area contributed by atoms with Crippen molar-refractivity contribution < 1.29 is 32.6 Å². The molecule has 1 aliphatic rings. The number of piperidine rings is 1. The zero-order valence-corrected chi connectivity index (χ0v) is 16.7. The number of nitrogens with zero attached hydrogens (tertiary/aromatic N) is 4. The summed E-state index contributed by atoms with van der Waals surface area (Å²) in [5.74, 6) is -0.913. The van der Waals surface area contributed by atoms with Gasteiger partial charge in [0.25, 0.3) is 0 Å². The fraction of sp³-hybridized carbons (Fsp3) is 0.421. The molecule has 0 spiro atoms. The number of carboxylic acid groups (broad SMARTS) is 1. The van der Waals surface area contributed by atoms with Crippen LogP contribution < -0.4 is 10.1 Å². The quantitative estimate of drug-likeness (QED) is 0.550. The molecular formula is C19H20F3N5O4. The van der Waals surface area contributed by atoms with Gasteiger partial charge in [0.15, 0.2) is 0 Å². The first-order valence-electron chi connectivity index (χ1n) is 9.40. The number of rotatable bonds is 4. The Morgan fingerprint density at radius 2 is 2.03 bits per heavy atom. The molecule has 0 unspecified atom stereocenters. The summed E-state index contributed by atoms with van der Waals surface area (Å²) in [6.45, 7) is 3.40. The first kappa shape index (κ1) is 22.2. The number of anilines is 1. The van der Waals surface area contributed by atoms with Crippen molar-refractivity contribution in [1.82, 2.24) is 20.1 Å². The summed E-state index contributed by atoms with van der Waals surface area (Å²) < 4.78 is 44.1. The molecule has 2 heterocycles. The van der Waals surface area contributed by atoms with Crippen LogP contribution in [0.5, 0.6) is 5.75 Å². The van der Waals surface area contributed by atoms with Gasteiger partial charge in [0.1, 0.15) is 11.4 Å². The molecule has 1 amide bonds. The van der Waals surface area contributed by atoms with E-state index >= 15 is 0 Å². The number of aromatic nitrogens is 3. The van der Waals surface area contributed by atoms with E-state index in [-0.39, 0.29) is 35.5 Å². The zero-order chi connectivity index (χ0) is 22.8. The predicted molar refractivity (Wildman–Crippen MR) is 103 cm³/mol. The molecule has 9 nitrogen and oxygen atoms in total. The number of hydrogen-bond acceptors (Lipinski definition) is 7. The molecular weight excluding hydrogens is 419 g/mol. The van der Waals surface area contributed by atoms with Crippen LogP contribution in [0.25, 0.3) is 11.3 Å². The maximum atomic E-state index is 13.0. The Kier molecular flexibility index (Phi) is 6.27. The van der Waals surface area contributed by atoms with E-state index in [4.69, 9.17) is 9.84 Å². The van der Waals surface area contributed by atoms with Gasteiger partial charge >= 0.3 is 18.2 Å². The van der Waals surface area contributed by atoms with Gasteiger partial charge in [0, 0.05) is 31.6 Å². The van der Waals surface area contributed by atoms with Gasteiger partial charge in [-0.2, -0.15) is 13.2 Å². The maximum absolute atomic E-state index is 13.0. The Morgan fingerprint density at radius 1 is 1.29 bits per heavy atom. The van der Waals surface area contributed by atoms with E-state index in [0.717, 1.165) is 31.5 Å². The highest BCUT2D eigenvalue weighted by Gasteiger charge is 2.32. The van der Waals surface area contributed by atoms with Gasteiger partial charge in [-0.25, -0.2) is 9.78 Å². The minimum Gasteiger partial charge on any atom is -0.465 e. The molecule has 1 aliphatic heterocycles. The summed E-state index contributed by atoms with van der Waals surface area (Å²) >= 11 is 0. The molecule has 2 aromatic rings. The van der Waals surface area contributed by atoms with E-state index in [9.17, 15) is 22.8 Å². The highest BCUT2D eigenvalue weighted by molar-refractivity contribution is 5.76. The third-order valence-electron chi connectivity index (χ3n) is 4.70. The van der Waals surface area contributed by atoms with Crippen molar-refractivity contribution in [2.24, 2.45) is 0 Å². The predicted octanol–water partition coefficient (Wildman–Crippen LogP) is 3.35. The molecule has 0 aliphatic carbocycles. The molecule has 31 heavy (non-hydrogen) atoms. The molecule has 166 valence electrons. The van der Waals surface area contributed by atoms with E-state index in [1.807, 2.05) is 0 Å². The summed E-state index contributed by atoms with van der Waals surface area (Å²) in [6, 6.07) is 2.54.